The first-order valence-electron chi connectivity index (χ1n) is 10.1. The van der Waals surface area contributed by atoms with E-state index in [-0.39, 0.29) is 22.0 Å². The number of benzene rings is 3. The van der Waals surface area contributed by atoms with Crippen LogP contribution >= 0.6 is 11.6 Å². The van der Waals surface area contributed by atoms with Crippen LogP contribution in [0.2, 0.25) is 5.02 Å². The van der Waals surface area contributed by atoms with Crippen LogP contribution in [0.25, 0.3) is 0 Å². The van der Waals surface area contributed by atoms with Gasteiger partial charge in [0.05, 0.1) is 24.8 Å². The molecule has 0 bridgehead atoms. The predicted octanol–water partition coefficient (Wildman–Crippen LogP) is 5.09. The average Bonchev–Trinajstić information content (AvgIpc) is 2.83. The molecule has 3 rings (SSSR count). The van der Waals surface area contributed by atoms with E-state index in [0.717, 1.165) is 16.4 Å². The molecule has 0 aromatic heterocycles. The van der Waals surface area contributed by atoms with Crippen molar-refractivity contribution in [2.75, 3.05) is 30.4 Å². The molecule has 1 amide bonds. The van der Waals surface area contributed by atoms with E-state index in [1.807, 2.05) is 0 Å². The highest BCUT2D eigenvalue weighted by atomic mass is 35.5. The van der Waals surface area contributed by atoms with Gasteiger partial charge < -0.3 is 19.5 Å². The second-order valence-electron chi connectivity index (χ2n) is 7.13. The molecule has 8 nitrogen and oxygen atoms in total. The highest BCUT2D eigenvalue weighted by Crippen LogP contribution is 2.32. The maximum absolute atomic E-state index is 13.5. The molecule has 3 aromatic carbocycles. The minimum absolute atomic E-state index is 0.133. The second-order valence-corrected chi connectivity index (χ2v) is 9.42. The number of carbonyl (C=O) groups is 1. The van der Waals surface area contributed by atoms with Crippen molar-refractivity contribution in [2.24, 2.45) is 0 Å². The molecule has 0 unspecified atom stereocenters. The molecule has 36 heavy (non-hydrogen) atoms. The van der Waals surface area contributed by atoms with E-state index in [4.69, 9.17) is 21.1 Å². The lowest BCUT2D eigenvalue weighted by Gasteiger charge is -2.24. The average molecular weight is 545 g/mol. The van der Waals surface area contributed by atoms with Crippen LogP contribution in [-0.2, 0) is 14.8 Å². The van der Waals surface area contributed by atoms with Crippen molar-refractivity contribution in [3.63, 3.8) is 0 Å². The summed E-state index contributed by atoms with van der Waals surface area (Å²) in [6, 6.07) is 14.2. The number of methoxy groups -OCH3 is 2. The Labute approximate surface area is 210 Å². The first kappa shape index (κ1) is 27.0. The molecule has 0 saturated carbocycles. The molecule has 0 atom stereocenters. The number of amides is 1. The number of alkyl halides is 3. The normalized spacial score (nSPS) is 11.5. The molecule has 0 saturated heterocycles. The fraction of sp³-hybridized carbons (Fsp3) is 0.174. The van der Waals surface area contributed by atoms with Gasteiger partial charge in [-0.25, -0.2) is 8.42 Å². The third-order valence-electron chi connectivity index (χ3n) is 4.72. The largest absolute Gasteiger partial charge is 0.573 e. The van der Waals surface area contributed by atoms with Gasteiger partial charge in [0, 0.05) is 16.8 Å². The molecule has 0 aliphatic heterocycles. The summed E-state index contributed by atoms with van der Waals surface area (Å²) in [6.45, 7) is -0.654. The fourth-order valence-corrected chi connectivity index (χ4v) is 4.66. The molecule has 192 valence electrons. The van der Waals surface area contributed by atoms with Gasteiger partial charge in [-0.3, -0.25) is 9.10 Å². The van der Waals surface area contributed by atoms with Crippen molar-refractivity contribution in [3.8, 4) is 17.2 Å². The zero-order chi connectivity index (χ0) is 26.5. The summed E-state index contributed by atoms with van der Waals surface area (Å²) in [5.41, 5.74) is 0.285. The van der Waals surface area contributed by atoms with Crippen LogP contribution < -0.4 is 23.8 Å². The van der Waals surface area contributed by atoms with Gasteiger partial charge in [-0.1, -0.05) is 11.6 Å². The summed E-state index contributed by atoms with van der Waals surface area (Å²) in [6.07, 6.45) is -4.86. The van der Waals surface area contributed by atoms with Crippen molar-refractivity contribution in [1.82, 2.24) is 0 Å². The van der Waals surface area contributed by atoms with Crippen LogP contribution in [0.5, 0.6) is 17.2 Å². The quantitative estimate of drug-likeness (QED) is 0.403. The molecule has 3 aromatic rings. The zero-order valence-electron chi connectivity index (χ0n) is 18.9. The molecule has 0 radical (unpaired) electrons. The number of halogens is 4. The number of nitrogens with one attached hydrogen (secondary N) is 1. The Hall–Kier alpha value is -3.64. The number of ether oxygens (including phenoxy) is 3. The number of sulfonamides is 1. The summed E-state index contributed by atoms with van der Waals surface area (Å²) >= 11 is 5.93. The highest BCUT2D eigenvalue weighted by molar-refractivity contribution is 7.92. The van der Waals surface area contributed by atoms with E-state index >= 15 is 0 Å². The molecular formula is C23H20ClF3N2O6S. The first-order valence-corrected chi connectivity index (χ1v) is 11.9. The highest BCUT2D eigenvalue weighted by Gasteiger charge is 2.31. The van der Waals surface area contributed by atoms with Crippen molar-refractivity contribution in [2.45, 2.75) is 11.3 Å². The van der Waals surface area contributed by atoms with Crippen LogP contribution in [0.4, 0.5) is 24.5 Å². The molecule has 0 heterocycles. The van der Waals surface area contributed by atoms with E-state index in [0.29, 0.717) is 10.8 Å². The SMILES string of the molecule is COc1ccc(S(=O)(=O)N(CC(=O)Nc2ccc(OC(F)(F)F)cc2)c2ccc(Cl)cc2)cc1OC. The fourth-order valence-electron chi connectivity index (χ4n) is 3.10. The van der Waals surface area contributed by atoms with Gasteiger partial charge in [0.2, 0.25) is 5.91 Å². The van der Waals surface area contributed by atoms with Crippen LogP contribution in [0.1, 0.15) is 0 Å². The third-order valence-corrected chi connectivity index (χ3v) is 6.74. The van der Waals surface area contributed by atoms with Crippen molar-refractivity contribution in [1.29, 1.82) is 0 Å². The van der Waals surface area contributed by atoms with Crippen LogP contribution in [0.3, 0.4) is 0 Å². The number of hydrogen-bond donors (Lipinski definition) is 1. The molecular weight excluding hydrogens is 525 g/mol. The molecule has 1 N–H and O–H groups in total. The topological polar surface area (TPSA) is 94.2 Å². The minimum atomic E-state index is -4.86. The van der Waals surface area contributed by atoms with Crippen LogP contribution in [0, 0.1) is 0 Å². The lowest BCUT2D eigenvalue weighted by Crippen LogP contribution is -2.38. The lowest BCUT2D eigenvalue weighted by molar-refractivity contribution is -0.274. The van der Waals surface area contributed by atoms with Crippen molar-refractivity contribution in [3.05, 3.63) is 71.8 Å². The van der Waals surface area contributed by atoms with Gasteiger partial charge in [0.15, 0.2) is 11.5 Å². The Morgan fingerprint density at radius 3 is 2.11 bits per heavy atom. The standard InChI is InChI=1S/C23H20ClF3N2O6S/c1-33-20-12-11-19(13-21(20)34-2)36(31,32)29(17-7-3-15(24)4-8-17)14-22(30)28-16-5-9-18(10-6-16)35-23(25,26)27/h3-13H,14H2,1-2H3,(H,28,30). The van der Waals surface area contributed by atoms with Gasteiger partial charge >= 0.3 is 6.36 Å². The Bertz CT molecular complexity index is 1320. The van der Waals surface area contributed by atoms with E-state index < -0.39 is 34.6 Å². The van der Waals surface area contributed by atoms with Gasteiger partial charge in [-0.2, -0.15) is 0 Å². The molecule has 0 spiro atoms. The van der Waals surface area contributed by atoms with Gasteiger partial charge in [0.25, 0.3) is 10.0 Å². The van der Waals surface area contributed by atoms with E-state index in [1.54, 1.807) is 0 Å². The molecule has 0 aliphatic carbocycles. The second kappa shape index (κ2) is 11.0. The maximum atomic E-state index is 13.5. The predicted molar refractivity (Wildman–Crippen MR) is 127 cm³/mol. The molecule has 0 fully saturated rings. The van der Waals surface area contributed by atoms with Gasteiger partial charge in [-0.05, 0) is 60.7 Å². The third kappa shape index (κ3) is 6.73. The Kier molecular flexibility index (Phi) is 8.21. The Morgan fingerprint density at radius 2 is 1.56 bits per heavy atom. The summed E-state index contributed by atoms with van der Waals surface area (Å²) in [4.78, 5) is 12.6. The number of nitrogens with zero attached hydrogens (tertiary/aromatic N) is 1. The number of hydrogen-bond acceptors (Lipinski definition) is 6. The van der Waals surface area contributed by atoms with Gasteiger partial charge in [0.1, 0.15) is 12.3 Å². The number of rotatable bonds is 9. The number of carbonyl (C=O) groups excluding carboxylic acids is 1. The van der Waals surface area contributed by atoms with Crippen LogP contribution in [-0.4, -0.2) is 41.5 Å². The number of anilines is 2. The van der Waals surface area contributed by atoms with Crippen molar-refractivity contribution < 1.29 is 40.6 Å². The van der Waals surface area contributed by atoms with E-state index in [1.165, 1.54) is 68.8 Å². The summed E-state index contributed by atoms with van der Waals surface area (Å²) < 4.78 is 79.1. The smallest absolute Gasteiger partial charge is 0.493 e. The lowest BCUT2D eigenvalue weighted by atomic mass is 10.3. The molecule has 13 heteroatoms. The summed E-state index contributed by atoms with van der Waals surface area (Å²) in [7, 11) is -1.54. The van der Waals surface area contributed by atoms with Crippen molar-refractivity contribution >= 4 is 38.9 Å². The van der Waals surface area contributed by atoms with Gasteiger partial charge in [-0.15, -0.1) is 13.2 Å². The first-order chi connectivity index (χ1) is 16.9. The summed E-state index contributed by atoms with van der Waals surface area (Å²) in [5, 5.41) is 2.81. The monoisotopic (exact) mass is 544 g/mol. The molecule has 0 aliphatic rings. The Balaban J connectivity index is 1.89. The van der Waals surface area contributed by atoms with E-state index in [2.05, 4.69) is 10.1 Å². The zero-order valence-corrected chi connectivity index (χ0v) is 20.4. The van der Waals surface area contributed by atoms with Crippen LogP contribution in [0.15, 0.2) is 71.6 Å². The summed E-state index contributed by atoms with van der Waals surface area (Å²) in [5.74, 6) is -0.747. The minimum Gasteiger partial charge on any atom is -0.493 e. The Morgan fingerprint density at radius 1 is 0.944 bits per heavy atom. The van der Waals surface area contributed by atoms with E-state index in [9.17, 15) is 26.4 Å². The maximum Gasteiger partial charge on any atom is 0.573 e.